The Kier molecular flexibility index (Phi) is 3.82. The Hall–Kier alpha value is -2.03. The van der Waals surface area contributed by atoms with Crippen LogP contribution in [0, 0.1) is 0 Å². The maximum Gasteiger partial charge on any atom is 0.337 e. The van der Waals surface area contributed by atoms with E-state index in [9.17, 15) is 4.79 Å². The van der Waals surface area contributed by atoms with Crippen molar-refractivity contribution in [1.29, 1.82) is 0 Å². The molecule has 0 aliphatic heterocycles. The molecule has 9 heteroatoms. The normalized spacial score (nSPS) is 10.3. The van der Waals surface area contributed by atoms with Crippen LogP contribution in [-0.2, 0) is 6.54 Å². The van der Waals surface area contributed by atoms with Crippen molar-refractivity contribution in [2.75, 3.05) is 11.9 Å². The predicted molar refractivity (Wildman–Crippen MR) is 65.2 cm³/mol. The number of carbonyl (C=O) groups is 1. The second-order valence-electron chi connectivity index (χ2n) is 3.32. The second-order valence-corrected chi connectivity index (χ2v) is 4.17. The maximum atomic E-state index is 10.7. The van der Waals surface area contributed by atoms with E-state index in [0.29, 0.717) is 23.4 Å². The first-order chi connectivity index (χ1) is 8.66. The van der Waals surface area contributed by atoms with Crippen molar-refractivity contribution in [1.82, 2.24) is 25.2 Å². The number of carboxylic acid groups (broad SMARTS) is 1. The van der Waals surface area contributed by atoms with Gasteiger partial charge >= 0.3 is 5.97 Å². The number of rotatable bonds is 5. The summed E-state index contributed by atoms with van der Waals surface area (Å²) in [5, 5.41) is 23.0. The molecule has 0 aromatic carbocycles. The third kappa shape index (κ3) is 3.00. The van der Waals surface area contributed by atoms with Gasteiger partial charge in [0.2, 0.25) is 0 Å². The van der Waals surface area contributed by atoms with Crippen LogP contribution in [0.1, 0.15) is 10.4 Å². The van der Waals surface area contributed by atoms with Crippen LogP contribution in [0.15, 0.2) is 23.1 Å². The van der Waals surface area contributed by atoms with Gasteiger partial charge in [0.15, 0.2) is 6.33 Å². The maximum absolute atomic E-state index is 10.7. The number of anilines is 1. The smallest absolute Gasteiger partial charge is 0.337 e. The summed E-state index contributed by atoms with van der Waals surface area (Å²) in [6.45, 7) is 1.09. The van der Waals surface area contributed by atoms with Crippen molar-refractivity contribution in [3.8, 4) is 0 Å². The molecule has 2 aromatic rings. The molecule has 18 heavy (non-hydrogen) atoms. The van der Waals surface area contributed by atoms with E-state index in [1.54, 1.807) is 0 Å². The van der Waals surface area contributed by atoms with Gasteiger partial charge in [-0.1, -0.05) is 0 Å². The molecule has 0 saturated carbocycles. The summed E-state index contributed by atoms with van der Waals surface area (Å²) in [6, 6.07) is 1.49. The number of hydrogen-bond acceptors (Lipinski definition) is 6. The molecule has 2 N–H and O–H groups in total. The molecule has 0 aliphatic carbocycles. The molecule has 0 fully saturated rings. The Morgan fingerprint density at radius 2 is 2.39 bits per heavy atom. The number of hydrogen-bond donors (Lipinski definition) is 2. The molecule has 0 amide bonds. The van der Waals surface area contributed by atoms with Crippen LogP contribution in [0.25, 0.3) is 0 Å². The first-order valence-electron chi connectivity index (χ1n) is 5.00. The zero-order valence-electron chi connectivity index (χ0n) is 9.12. The van der Waals surface area contributed by atoms with Crippen LogP contribution in [-0.4, -0.2) is 42.8 Å². The number of aromatic carboxylic acids is 1. The van der Waals surface area contributed by atoms with Gasteiger partial charge in [0, 0.05) is 12.7 Å². The Balaban J connectivity index is 1.95. The fraction of sp³-hybridized carbons (Fsp3) is 0.222. The lowest BCUT2D eigenvalue weighted by atomic mass is 10.3. The summed E-state index contributed by atoms with van der Waals surface area (Å²) < 4.78 is 0.592. The van der Waals surface area contributed by atoms with Crippen molar-refractivity contribution in [2.45, 2.75) is 6.54 Å². The minimum atomic E-state index is -1.01. The second kappa shape index (κ2) is 5.54. The fourth-order valence-electron chi connectivity index (χ4n) is 1.25. The molecular weight excluding hydrogens is 304 g/mol. The topological polar surface area (TPSA) is 106 Å². The van der Waals surface area contributed by atoms with Crippen LogP contribution in [0.3, 0.4) is 0 Å². The molecule has 0 radical (unpaired) electrons. The zero-order valence-corrected chi connectivity index (χ0v) is 10.7. The van der Waals surface area contributed by atoms with E-state index in [1.807, 2.05) is 0 Å². The first kappa shape index (κ1) is 12.4. The largest absolute Gasteiger partial charge is 0.478 e. The van der Waals surface area contributed by atoms with E-state index in [0.717, 1.165) is 0 Å². The highest BCUT2D eigenvalue weighted by molar-refractivity contribution is 9.10. The quantitative estimate of drug-likeness (QED) is 0.834. The number of nitrogens with zero attached hydrogens (tertiary/aromatic N) is 5. The van der Waals surface area contributed by atoms with Gasteiger partial charge in [-0.05, 0) is 27.2 Å². The highest BCUT2D eigenvalue weighted by Crippen LogP contribution is 2.20. The minimum absolute atomic E-state index is 0.130. The van der Waals surface area contributed by atoms with Gasteiger partial charge in [0.25, 0.3) is 0 Å². The van der Waals surface area contributed by atoms with Crippen LogP contribution < -0.4 is 5.32 Å². The number of pyridine rings is 1. The van der Waals surface area contributed by atoms with Gasteiger partial charge in [-0.2, -0.15) is 4.80 Å². The SMILES string of the molecule is O=C(O)c1cnc(NCCn2ncnn2)c(Br)c1. The Morgan fingerprint density at radius 3 is 3.00 bits per heavy atom. The van der Waals surface area contributed by atoms with E-state index in [-0.39, 0.29) is 5.56 Å². The van der Waals surface area contributed by atoms with Gasteiger partial charge in [-0.25, -0.2) is 9.78 Å². The molecule has 0 aliphatic rings. The molecule has 8 nitrogen and oxygen atoms in total. The van der Waals surface area contributed by atoms with Crippen molar-refractivity contribution >= 4 is 27.7 Å². The van der Waals surface area contributed by atoms with E-state index in [4.69, 9.17) is 5.11 Å². The van der Waals surface area contributed by atoms with E-state index < -0.39 is 5.97 Å². The summed E-state index contributed by atoms with van der Waals surface area (Å²) in [5.74, 6) is -0.443. The van der Waals surface area contributed by atoms with Gasteiger partial charge in [-0.3, -0.25) is 0 Å². The lowest BCUT2D eigenvalue weighted by molar-refractivity contribution is 0.0696. The van der Waals surface area contributed by atoms with E-state index in [2.05, 4.69) is 41.6 Å². The Morgan fingerprint density at radius 1 is 1.56 bits per heavy atom. The molecule has 0 saturated heterocycles. The number of tetrazole rings is 1. The summed E-state index contributed by atoms with van der Waals surface area (Å²) in [6.07, 6.45) is 2.65. The minimum Gasteiger partial charge on any atom is -0.478 e. The first-order valence-corrected chi connectivity index (χ1v) is 5.79. The molecule has 0 unspecified atom stereocenters. The molecule has 2 heterocycles. The molecule has 0 bridgehead atoms. The van der Waals surface area contributed by atoms with E-state index >= 15 is 0 Å². The van der Waals surface area contributed by atoms with Gasteiger partial charge in [-0.15, -0.1) is 10.2 Å². The number of carboxylic acids is 1. The third-order valence-electron chi connectivity index (χ3n) is 2.08. The highest BCUT2D eigenvalue weighted by Gasteiger charge is 2.07. The standard InChI is InChI=1S/C9H9BrN6O2/c10-7-3-6(9(17)18)4-12-8(7)11-1-2-16-14-5-13-15-16/h3-5H,1-2H2,(H,11,12)(H,17,18). The van der Waals surface area contributed by atoms with Crippen LogP contribution in [0.4, 0.5) is 5.82 Å². The van der Waals surface area contributed by atoms with Gasteiger partial charge in [0.1, 0.15) is 5.82 Å². The zero-order chi connectivity index (χ0) is 13.0. The van der Waals surface area contributed by atoms with Crippen molar-refractivity contribution in [3.63, 3.8) is 0 Å². The van der Waals surface area contributed by atoms with Crippen molar-refractivity contribution in [3.05, 3.63) is 28.6 Å². The van der Waals surface area contributed by atoms with Crippen LogP contribution in [0.5, 0.6) is 0 Å². The van der Waals surface area contributed by atoms with Crippen molar-refractivity contribution in [2.24, 2.45) is 0 Å². The van der Waals surface area contributed by atoms with Gasteiger partial charge < -0.3 is 10.4 Å². The summed E-state index contributed by atoms with van der Waals surface area (Å²) >= 11 is 3.26. The molecule has 0 spiro atoms. The summed E-state index contributed by atoms with van der Waals surface area (Å²) in [4.78, 5) is 16.2. The molecule has 2 aromatic heterocycles. The average molecular weight is 313 g/mol. The Bertz CT molecular complexity index is 544. The summed E-state index contributed by atoms with van der Waals surface area (Å²) in [5.41, 5.74) is 0.130. The monoisotopic (exact) mass is 312 g/mol. The summed E-state index contributed by atoms with van der Waals surface area (Å²) in [7, 11) is 0. The number of halogens is 1. The molecule has 0 atom stereocenters. The predicted octanol–water partition coefficient (Wildman–Crippen LogP) is 0.641. The molecule has 94 valence electrons. The van der Waals surface area contributed by atoms with E-state index in [1.165, 1.54) is 23.4 Å². The number of nitrogens with one attached hydrogen (secondary N) is 1. The fourth-order valence-corrected chi connectivity index (χ4v) is 1.74. The van der Waals surface area contributed by atoms with Gasteiger partial charge in [0.05, 0.1) is 16.6 Å². The number of aromatic nitrogens is 5. The Labute approximate surface area is 110 Å². The molecular formula is C9H9BrN6O2. The lowest BCUT2D eigenvalue weighted by Gasteiger charge is -2.07. The average Bonchev–Trinajstić information content (AvgIpc) is 2.84. The highest BCUT2D eigenvalue weighted by atomic mass is 79.9. The van der Waals surface area contributed by atoms with Crippen LogP contribution >= 0.6 is 15.9 Å². The lowest BCUT2D eigenvalue weighted by Crippen LogP contribution is -2.14. The van der Waals surface area contributed by atoms with Crippen LogP contribution in [0.2, 0.25) is 0 Å². The van der Waals surface area contributed by atoms with Crippen molar-refractivity contribution < 1.29 is 9.90 Å². The third-order valence-corrected chi connectivity index (χ3v) is 2.69. The molecule has 2 rings (SSSR count).